The zero-order valence-corrected chi connectivity index (χ0v) is 9.29. The Balaban J connectivity index is 2.90. The molecule has 1 aromatic rings. The van der Waals surface area contributed by atoms with E-state index in [0.717, 1.165) is 6.07 Å². The van der Waals surface area contributed by atoms with E-state index in [9.17, 15) is 8.78 Å². The summed E-state index contributed by atoms with van der Waals surface area (Å²) in [5.74, 6) is -2.26. The van der Waals surface area contributed by atoms with Crippen LogP contribution in [0.15, 0.2) is 16.6 Å². The molecule has 0 spiro atoms. The van der Waals surface area contributed by atoms with Gasteiger partial charge in [-0.25, -0.2) is 4.39 Å². The van der Waals surface area contributed by atoms with Crippen molar-refractivity contribution < 1.29 is 13.5 Å². The molecule has 14 heavy (non-hydrogen) atoms. The van der Waals surface area contributed by atoms with Gasteiger partial charge in [-0.05, 0) is 12.1 Å². The van der Waals surface area contributed by atoms with E-state index in [2.05, 4.69) is 28.1 Å². The van der Waals surface area contributed by atoms with E-state index < -0.39 is 11.6 Å². The molecule has 0 fully saturated rings. The lowest BCUT2D eigenvalue weighted by atomic mass is 10.3. The molecule has 0 unspecified atom stereocenters. The minimum atomic E-state index is -1.05. The van der Waals surface area contributed by atoms with Crippen LogP contribution in [0.1, 0.15) is 0 Å². The average Bonchev–Trinajstić information content (AvgIpc) is 2.08. The number of thiocarbonyl (C=S) groups is 1. The van der Waals surface area contributed by atoms with Crippen molar-refractivity contribution in [3.63, 3.8) is 0 Å². The lowest BCUT2D eigenvalue weighted by Crippen LogP contribution is -2.18. The molecule has 76 valence electrons. The van der Waals surface area contributed by atoms with Gasteiger partial charge in [0.2, 0.25) is 5.82 Å². The van der Waals surface area contributed by atoms with Crippen LogP contribution in [-0.4, -0.2) is 11.6 Å². The summed E-state index contributed by atoms with van der Waals surface area (Å²) in [4.78, 5) is 0.0739. The van der Waals surface area contributed by atoms with Gasteiger partial charge in [0.15, 0.2) is 11.6 Å². The van der Waals surface area contributed by atoms with Crippen LogP contribution < -0.4 is 10.5 Å². The molecule has 0 saturated carbocycles. The number of rotatable bonds is 3. The van der Waals surface area contributed by atoms with E-state index in [1.165, 1.54) is 6.07 Å². The van der Waals surface area contributed by atoms with Gasteiger partial charge in [-0.3, -0.25) is 0 Å². The highest BCUT2D eigenvalue weighted by molar-refractivity contribution is 9.10. The molecule has 0 aliphatic carbocycles. The zero-order valence-electron chi connectivity index (χ0n) is 6.89. The lowest BCUT2D eigenvalue weighted by Gasteiger charge is -2.06. The largest absolute Gasteiger partial charge is 0.483 e. The van der Waals surface area contributed by atoms with Gasteiger partial charge >= 0.3 is 0 Å². The van der Waals surface area contributed by atoms with Gasteiger partial charge in [-0.1, -0.05) is 28.1 Å². The Kier molecular flexibility index (Phi) is 3.77. The van der Waals surface area contributed by atoms with Crippen molar-refractivity contribution in [1.29, 1.82) is 0 Å². The van der Waals surface area contributed by atoms with E-state index in [1.807, 2.05) is 0 Å². The Morgan fingerprint density at radius 3 is 2.71 bits per heavy atom. The number of halogens is 3. The van der Waals surface area contributed by atoms with Crippen LogP contribution in [0.2, 0.25) is 0 Å². The highest BCUT2D eigenvalue weighted by Gasteiger charge is 2.11. The maximum absolute atomic E-state index is 13.0. The number of benzene rings is 1. The third-order valence-corrected chi connectivity index (χ3v) is 1.91. The second-order valence-corrected chi connectivity index (χ2v) is 3.89. The smallest absolute Gasteiger partial charge is 0.200 e. The van der Waals surface area contributed by atoms with Crippen LogP contribution in [0.25, 0.3) is 0 Å². The highest BCUT2D eigenvalue weighted by Crippen LogP contribution is 2.25. The molecular formula is C8H6BrF2NOS. The molecule has 0 bridgehead atoms. The van der Waals surface area contributed by atoms with Crippen molar-refractivity contribution in [1.82, 2.24) is 0 Å². The van der Waals surface area contributed by atoms with E-state index in [0.29, 0.717) is 4.47 Å². The fourth-order valence-electron chi connectivity index (χ4n) is 0.786. The van der Waals surface area contributed by atoms with Crippen molar-refractivity contribution in [2.45, 2.75) is 0 Å². The van der Waals surface area contributed by atoms with Crippen molar-refractivity contribution >= 4 is 33.1 Å². The summed E-state index contributed by atoms with van der Waals surface area (Å²) in [7, 11) is 0. The molecule has 2 nitrogen and oxygen atoms in total. The number of nitrogens with two attached hydrogens (primary N) is 1. The topological polar surface area (TPSA) is 35.2 Å². The maximum Gasteiger partial charge on any atom is 0.200 e. The maximum atomic E-state index is 13.0. The third kappa shape index (κ3) is 2.88. The van der Waals surface area contributed by atoms with Gasteiger partial charge in [0, 0.05) is 4.47 Å². The second-order valence-electron chi connectivity index (χ2n) is 2.45. The molecule has 1 rings (SSSR count). The van der Waals surface area contributed by atoms with E-state index >= 15 is 0 Å². The summed E-state index contributed by atoms with van der Waals surface area (Å²) in [5.41, 5.74) is 5.14. The summed E-state index contributed by atoms with van der Waals surface area (Å²) < 4.78 is 31.1. The van der Waals surface area contributed by atoms with Gasteiger partial charge in [-0.15, -0.1) is 0 Å². The molecule has 0 aliphatic heterocycles. The summed E-state index contributed by atoms with van der Waals surface area (Å²) in [6.07, 6.45) is 0. The fourth-order valence-corrected chi connectivity index (χ4v) is 1.25. The first-order valence-electron chi connectivity index (χ1n) is 3.56. The number of hydrogen-bond donors (Lipinski definition) is 1. The zero-order chi connectivity index (χ0) is 10.7. The van der Waals surface area contributed by atoms with Crippen LogP contribution in [0.5, 0.6) is 5.75 Å². The third-order valence-electron chi connectivity index (χ3n) is 1.33. The molecule has 0 atom stereocenters. The minimum absolute atomic E-state index is 0.0739. The Bertz CT molecular complexity index is 373. The number of hydrogen-bond acceptors (Lipinski definition) is 2. The van der Waals surface area contributed by atoms with Crippen molar-refractivity contribution in [3.05, 3.63) is 28.2 Å². The van der Waals surface area contributed by atoms with Gasteiger partial charge < -0.3 is 10.5 Å². The standard InChI is InChI=1S/C8H6BrF2NOS/c9-4-1-5(10)8(11)6(2-4)13-3-7(12)14/h1-2H,3H2,(H2,12,14). The minimum Gasteiger partial charge on any atom is -0.483 e. The van der Waals surface area contributed by atoms with E-state index in [-0.39, 0.29) is 17.3 Å². The van der Waals surface area contributed by atoms with Crippen LogP contribution in [0.4, 0.5) is 8.78 Å². The molecule has 0 aliphatic rings. The van der Waals surface area contributed by atoms with Crippen LogP contribution >= 0.6 is 28.1 Å². The van der Waals surface area contributed by atoms with Crippen molar-refractivity contribution in [3.8, 4) is 5.75 Å². The quantitative estimate of drug-likeness (QED) is 0.683. The van der Waals surface area contributed by atoms with Gasteiger partial charge in [-0.2, -0.15) is 4.39 Å². The molecule has 0 amide bonds. The van der Waals surface area contributed by atoms with Gasteiger partial charge in [0.05, 0.1) is 0 Å². The Labute approximate surface area is 93.2 Å². The van der Waals surface area contributed by atoms with Crippen molar-refractivity contribution in [2.24, 2.45) is 5.73 Å². The van der Waals surface area contributed by atoms with E-state index in [4.69, 9.17) is 10.5 Å². The lowest BCUT2D eigenvalue weighted by molar-refractivity contribution is 0.343. The normalized spacial score (nSPS) is 9.93. The molecule has 0 saturated heterocycles. The summed E-state index contributed by atoms with van der Waals surface area (Å²) in [6, 6.07) is 2.31. The molecule has 1 aromatic carbocycles. The molecule has 0 heterocycles. The highest BCUT2D eigenvalue weighted by atomic mass is 79.9. The Hall–Kier alpha value is -0.750. The monoisotopic (exact) mass is 281 g/mol. The van der Waals surface area contributed by atoms with Crippen molar-refractivity contribution in [2.75, 3.05) is 6.61 Å². The summed E-state index contributed by atoms with van der Waals surface area (Å²) >= 11 is 7.53. The van der Waals surface area contributed by atoms with Crippen LogP contribution in [0, 0.1) is 11.6 Å². The molecular weight excluding hydrogens is 276 g/mol. The van der Waals surface area contributed by atoms with Gasteiger partial charge in [0.25, 0.3) is 0 Å². The first-order valence-corrected chi connectivity index (χ1v) is 4.76. The first-order chi connectivity index (χ1) is 6.50. The fraction of sp³-hybridized carbons (Fsp3) is 0.125. The Morgan fingerprint density at radius 1 is 1.50 bits per heavy atom. The molecule has 0 radical (unpaired) electrons. The predicted octanol–water partition coefficient (Wildman–Crippen LogP) is 2.39. The van der Waals surface area contributed by atoms with Crippen LogP contribution in [-0.2, 0) is 0 Å². The van der Waals surface area contributed by atoms with E-state index in [1.54, 1.807) is 0 Å². The average molecular weight is 282 g/mol. The SMILES string of the molecule is NC(=S)COc1cc(Br)cc(F)c1F. The summed E-state index contributed by atoms with van der Waals surface area (Å²) in [5, 5.41) is 0. The Morgan fingerprint density at radius 2 is 2.14 bits per heavy atom. The molecule has 0 aromatic heterocycles. The van der Waals surface area contributed by atoms with Crippen LogP contribution in [0.3, 0.4) is 0 Å². The molecule has 2 N–H and O–H groups in total. The first kappa shape index (κ1) is 11.3. The van der Waals surface area contributed by atoms with Gasteiger partial charge in [0.1, 0.15) is 11.6 Å². The number of ether oxygens (including phenoxy) is 1. The summed E-state index contributed by atoms with van der Waals surface area (Å²) in [6.45, 7) is -0.123. The predicted molar refractivity (Wildman–Crippen MR) is 56.3 cm³/mol. The molecule has 6 heteroatoms. The second kappa shape index (κ2) is 4.65.